The molecule has 1 aromatic rings. The van der Waals surface area contributed by atoms with Gasteiger partial charge in [0, 0.05) is 5.92 Å². The highest BCUT2D eigenvalue weighted by Crippen LogP contribution is 2.35. The predicted molar refractivity (Wildman–Crippen MR) is 55.6 cm³/mol. The molecule has 0 aliphatic heterocycles. The fourth-order valence-corrected chi connectivity index (χ4v) is 2.23. The van der Waals surface area contributed by atoms with Gasteiger partial charge in [-0.05, 0) is 43.2 Å². The number of nitriles is 1. The number of hydrogen-bond acceptors (Lipinski definition) is 1. The van der Waals surface area contributed by atoms with Crippen LogP contribution >= 0.6 is 0 Å². The molecule has 2 rings (SSSR count). The summed E-state index contributed by atoms with van der Waals surface area (Å²) < 4.78 is 0. The Kier molecular flexibility index (Phi) is 2.84. The van der Waals surface area contributed by atoms with Crippen molar-refractivity contribution in [3.8, 4) is 6.07 Å². The Morgan fingerprint density at radius 2 is 1.79 bits per heavy atom. The lowest BCUT2D eigenvalue weighted by atomic mass is 9.79. The maximum Gasteiger partial charge on any atom is 0.0655 e. The van der Waals surface area contributed by atoms with Crippen molar-refractivity contribution in [2.24, 2.45) is 5.92 Å². The largest absolute Gasteiger partial charge is 0.198 e. The minimum atomic E-state index is 0.307. The van der Waals surface area contributed by atoms with E-state index in [2.05, 4.69) is 24.3 Å². The van der Waals surface area contributed by atoms with Gasteiger partial charge in [0.2, 0.25) is 0 Å². The van der Waals surface area contributed by atoms with Gasteiger partial charge in [0.25, 0.3) is 0 Å². The summed E-state index contributed by atoms with van der Waals surface area (Å²) in [7, 11) is 0. The summed E-state index contributed by atoms with van der Waals surface area (Å²) in [5.74, 6) is 0.982. The molecule has 0 unspecified atom stereocenters. The summed E-state index contributed by atoms with van der Waals surface area (Å²) >= 11 is 0. The van der Waals surface area contributed by atoms with Gasteiger partial charge in [-0.2, -0.15) is 5.26 Å². The minimum Gasteiger partial charge on any atom is -0.198 e. The smallest absolute Gasteiger partial charge is 0.0655 e. The maximum absolute atomic E-state index is 8.79. The van der Waals surface area contributed by atoms with Crippen molar-refractivity contribution in [3.63, 3.8) is 0 Å². The third-order valence-electron chi connectivity index (χ3n) is 3.13. The topological polar surface area (TPSA) is 23.8 Å². The van der Waals surface area contributed by atoms with Crippen LogP contribution in [0, 0.1) is 23.3 Å². The van der Waals surface area contributed by atoms with Crippen molar-refractivity contribution < 1.29 is 0 Å². The van der Waals surface area contributed by atoms with Gasteiger partial charge in [-0.15, -0.1) is 0 Å². The van der Waals surface area contributed by atoms with Crippen LogP contribution in [-0.2, 0) is 0 Å². The van der Waals surface area contributed by atoms with E-state index in [0.717, 1.165) is 12.8 Å². The Labute approximate surface area is 85.4 Å². The van der Waals surface area contributed by atoms with Gasteiger partial charge in [0.1, 0.15) is 0 Å². The highest BCUT2D eigenvalue weighted by atomic mass is 14.3. The Morgan fingerprint density at radius 1 is 1.14 bits per heavy atom. The molecule has 14 heavy (non-hydrogen) atoms. The Balaban J connectivity index is 2.00. The second-order valence-corrected chi connectivity index (χ2v) is 4.01. The third kappa shape index (κ3) is 1.96. The SMILES string of the molecule is N#CC1CCC(c2cc[c]cc2)CC1. The summed E-state index contributed by atoms with van der Waals surface area (Å²) in [6.45, 7) is 0. The van der Waals surface area contributed by atoms with Crippen LogP contribution in [0.15, 0.2) is 24.3 Å². The second-order valence-electron chi connectivity index (χ2n) is 4.01. The zero-order valence-corrected chi connectivity index (χ0v) is 8.24. The van der Waals surface area contributed by atoms with Gasteiger partial charge in [0.15, 0.2) is 0 Å². The fourth-order valence-electron chi connectivity index (χ4n) is 2.23. The molecule has 1 heteroatoms. The van der Waals surface area contributed by atoms with E-state index in [4.69, 9.17) is 5.26 Å². The molecule has 1 radical (unpaired) electrons. The van der Waals surface area contributed by atoms with Crippen LogP contribution in [0.5, 0.6) is 0 Å². The number of nitrogens with zero attached hydrogens (tertiary/aromatic N) is 1. The van der Waals surface area contributed by atoms with E-state index in [1.54, 1.807) is 0 Å². The monoisotopic (exact) mass is 184 g/mol. The molecular formula is C13H14N. The number of hydrogen-bond donors (Lipinski definition) is 0. The second kappa shape index (κ2) is 4.28. The van der Waals surface area contributed by atoms with Gasteiger partial charge in [-0.25, -0.2) is 0 Å². The Bertz CT molecular complexity index is 315. The highest BCUT2D eigenvalue weighted by molar-refractivity contribution is 5.19. The lowest BCUT2D eigenvalue weighted by Crippen LogP contribution is -2.11. The van der Waals surface area contributed by atoms with Gasteiger partial charge < -0.3 is 0 Å². The van der Waals surface area contributed by atoms with Crippen LogP contribution in [0.3, 0.4) is 0 Å². The predicted octanol–water partition coefficient (Wildman–Crippen LogP) is 3.28. The molecule has 0 heterocycles. The van der Waals surface area contributed by atoms with E-state index in [9.17, 15) is 0 Å². The van der Waals surface area contributed by atoms with Crippen molar-refractivity contribution >= 4 is 0 Å². The van der Waals surface area contributed by atoms with E-state index in [1.165, 1.54) is 18.4 Å². The summed E-state index contributed by atoms with van der Waals surface area (Å²) in [5.41, 5.74) is 1.42. The van der Waals surface area contributed by atoms with Gasteiger partial charge in [0.05, 0.1) is 6.07 Å². The first-order valence-corrected chi connectivity index (χ1v) is 5.26. The lowest BCUT2D eigenvalue weighted by Gasteiger charge is -2.24. The zero-order valence-electron chi connectivity index (χ0n) is 8.24. The molecule has 1 saturated carbocycles. The molecule has 0 aromatic heterocycles. The molecule has 0 amide bonds. The molecule has 0 saturated heterocycles. The summed E-state index contributed by atoms with van der Waals surface area (Å²) in [6.07, 6.45) is 4.48. The standard InChI is InChI=1S/C13H14N/c14-10-11-6-8-13(9-7-11)12-4-2-1-3-5-12/h2-5,11,13H,6-9H2. The molecule has 1 aromatic carbocycles. The zero-order chi connectivity index (χ0) is 9.80. The molecule has 0 spiro atoms. The quantitative estimate of drug-likeness (QED) is 0.657. The summed E-state index contributed by atoms with van der Waals surface area (Å²) in [4.78, 5) is 0. The first-order valence-electron chi connectivity index (χ1n) is 5.26. The van der Waals surface area contributed by atoms with Crippen molar-refractivity contribution in [1.29, 1.82) is 5.26 Å². The van der Waals surface area contributed by atoms with E-state index in [0.29, 0.717) is 11.8 Å². The molecule has 1 aliphatic rings. The molecule has 0 atom stereocenters. The average Bonchev–Trinajstić information content (AvgIpc) is 2.30. The van der Waals surface area contributed by atoms with E-state index in [1.807, 2.05) is 12.1 Å². The summed E-state index contributed by atoms with van der Waals surface area (Å²) in [5, 5.41) is 8.79. The minimum absolute atomic E-state index is 0.307. The lowest BCUT2D eigenvalue weighted by molar-refractivity contribution is 0.382. The van der Waals surface area contributed by atoms with Crippen LogP contribution in [0.1, 0.15) is 37.2 Å². The van der Waals surface area contributed by atoms with Gasteiger partial charge in [-0.3, -0.25) is 0 Å². The Morgan fingerprint density at radius 3 is 2.36 bits per heavy atom. The molecule has 1 nitrogen and oxygen atoms in total. The first-order chi connectivity index (χ1) is 6.90. The summed E-state index contributed by atoms with van der Waals surface area (Å²) in [6, 6.07) is 13.7. The molecular weight excluding hydrogens is 170 g/mol. The first kappa shape index (κ1) is 9.27. The van der Waals surface area contributed by atoms with Crippen LogP contribution < -0.4 is 0 Å². The number of benzene rings is 1. The fraction of sp³-hybridized carbons (Fsp3) is 0.462. The van der Waals surface area contributed by atoms with Crippen molar-refractivity contribution in [3.05, 3.63) is 35.9 Å². The highest BCUT2D eigenvalue weighted by Gasteiger charge is 2.21. The van der Waals surface area contributed by atoms with Crippen LogP contribution in [0.4, 0.5) is 0 Å². The maximum atomic E-state index is 8.79. The Hall–Kier alpha value is -1.29. The molecule has 1 fully saturated rings. The molecule has 0 N–H and O–H groups in total. The van der Waals surface area contributed by atoms with Gasteiger partial charge >= 0.3 is 0 Å². The van der Waals surface area contributed by atoms with E-state index < -0.39 is 0 Å². The van der Waals surface area contributed by atoms with E-state index >= 15 is 0 Å². The van der Waals surface area contributed by atoms with Crippen LogP contribution in [-0.4, -0.2) is 0 Å². The average molecular weight is 184 g/mol. The van der Waals surface area contributed by atoms with E-state index in [-0.39, 0.29) is 0 Å². The van der Waals surface area contributed by atoms with Crippen molar-refractivity contribution in [2.75, 3.05) is 0 Å². The van der Waals surface area contributed by atoms with Crippen molar-refractivity contribution in [2.45, 2.75) is 31.6 Å². The van der Waals surface area contributed by atoms with Crippen LogP contribution in [0.25, 0.3) is 0 Å². The normalized spacial score (nSPS) is 26.8. The van der Waals surface area contributed by atoms with Crippen molar-refractivity contribution in [1.82, 2.24) is 0 Å². The van der Waals surface area contributed by atoms with Crippen LogP contribution in [0.2, 0.25) is 0 Å². The molecule has 1 aliphatic carbocycles. The third-order valence-corrected chi connectivity index (χ3v) is 3.13. The molecule has 71 valence electrons. The van der Waals surface area contributed by atoms with Gasteiger partial charge in [-0.1, -0.05) is 24.3 Å². The molecule has 0 bridgehead atoms. The number of rotatable bonds is 1.